The third-order valence-electron chi connectivity index (χ3n) is 2.82. The number of ketones is 1. The van der Waals surface area contributed by atoms with Crippen LogP contribution in [0.5, 0.6) is 5.75 Å². The lowest BCUT2D eigenvalue weighted by molar-refractivity contribution is 0.103. The molecule has 104 valence electrons. The first-order valence-electron chi connectivity index (χ1n) is 6.26. The molecule has 1 heterocycles. The Labute approximate surface area is 118 Å². The molecular weight excluding hydrogens is 254 g/mol. The summed E-state index contributed by atoms with van der Waals surface area (Å²) < 4.78 is 10.8. The summed E-state index contributed by atoms with van der Waals surface area (Å²) in [5, 5.41) is 2.92. The first-order chi connectivity index (χ1) is 9.47. The summed E-state index contributed by atoms with van der Waals surface area (Å²) >= 11 is 0. The molecule has 4 nitrogen and oxygen atoms in total. The van der Waals surface area contributed by atoms with Crippen LogP contribution in [0.2, 0.25) is 0 Å². The fourth-order valence-electron chi connectivity index (χ4n) is 1.78. The Balaban J connectivity index is 2.10. The third kappa shape index (κ3) is 3.09. The minimum Gasteiger partial charge on any atom is -0.459 e. The van der Waals surface area contributed by atoms with Gasteiger partial charge in [0.25, 0.3) is 0 Å². The number of Topliss-reactive ketones (excluding diaryl/α,β-unsaturated/α-hetero) is 1. The van der Waals surface area contributed by atoms with Crippen molar-refractivity contribution in [3.05, 3.63) is 65.6 Å². The molecule has 0 aliphatic carbocycles. The average Bonchev–Trinajstić information content (AvgIpc) is 2.81. The van der Waals surface area contributed by atoms with Crippen LogP contribution in [0, 0.1) is 6.92 Å². The van der Waals surface area contributed by atoms with Gasteiger partial charge in [-0.2, -0.15) is 0 Å². The fourth-order valence-corrected chi connectivity index (χ4v) is 1.78. The lowest BCUT2D eigenvalue weighted by atomic mass is 10.0. The highest BCUT2D eigenvalue weighted by atomic mass is 16.5. The van der Waals surface area contributed by atoms with E-state index in [-0.39, 0.29) is 5.78 Å². The van der Waals surface area contributed by atoms with Crippen molar-refractivity contribution in [3.8, 4) is 5.75 Å². The van der Waals surface area contributed by atoms with Gasteiger partial charge in [-0.25, -0.2) is 0 Å². The fraction of sp³-hybridized carbons (Fsp3) is 0.188. The van der Waals surface area contributed by atoms with Gasteiger partial charge >= 0.3 is 0 Å². The van der Waals surface area contributed by atoms with Crippen LogP contribution in [0.1, 0.15) is 29.8 Å². The molecule has 0 saturated heterocycles. The molecule has 0 atom stereocenters. The maximum absolute atomic E-state index is 11.9. The quantitative estimate of drug-likeness (QED) is 0.518. The van der Waals surface area contributed by atoms with Crippen molar-refractivity contribution in [2.75, 3.05) is 0 Å². The van der Waals surface area contributed by atoms with E-state index in [2.05, 4.69) is 11.9 Å². The number of nitrogens with one attached hydrogen (secondary N) is 1. The van der Waals surface area contributed by atoms with E-state index in [1.807, 2.05) is 19.9 Å². The molecule has 1 aliphatic rings. The molecule has 0 radical (unpaired) electrons. The van der Waals surface area contributed by atoms with Crippen molar-refractivity contribution in [2.45, 2.75) is 20.8 Å². The van der Waals surface area contributed by atoms with Gasteiger partial charge in [0, 0.05) is 11.8 Å². The molecule has 0 bridgehead atoms. The number of benzene rings is 1. The summed E-state index contributed by atoms with van der Waals surface area (Å²) in [4.78, 5) is 11.9. The molecule has 0 saturated carbocycles. The predicted molar refractivity (Wildman–Crippen MR) is 77.0 cm³/mol. The Morgan fingerprint density at radius 2 is 2.15 bits per heavy atom. The van der Waals surface area contributed by atoms with Crippen LogP contribution in [0.3, 0.4) is 0 Å². The summed E-state index contributed by atoms with van der Waals surface area (Å²) in [6.07, 6.45) is 3.23. The normalized spacial score (nSPS) is 15.3. The largest absolute Gasteiger partial charge is 0.459 e. The molecule has 1 aromatic rings. The number of hydrogen-bond donors (Lipinski definition) is 1. The zero-order valence-corrected chi connectivity index (χ0v) is 11.8. The lowest BCUT2D eigenvalue weighted by Gasteiger charge is -2.08. The van der Waals surface area contributed by atoms with Crippen molar-refractivity contribution < 1.29 is 14.3 Å². The van der Waals surface area contributed by atoms with E-state index in [9.17, 15) is 4.79 Å². The molecule has 0 unspecified atom stereocenters. The Morgan fingerprint density at radius 1 is 1.40 bits per heavy atom. The third-order valence-corrected chi connectivity index (χ3v) is 2.82. The van der Waals surface area contributed by atoms with Gasteiger partial charge in [0.05, 0.1) is 0 Å². The second-order valence-electron chi connectivity index (χ2n) is 4.69. The van der Waals surface area contributed by atoms with E-state index in [0.29, 0.717) is 22.8 Å². The Morgan fingerprint density at radius 3 is 2.70 bits per heavy atom. The second-order valence-corrected chi connectivity index (χ2v) is 4.69. The van der Waals surface area contributed by atoms with Crippen molar-refractivity contribution in [2.24, 2.45) is 0 Å². The van der Waals surface area contributed by atoms with Gasteiger partial charge in [0.2, 0.25) is 5.88 Å². The van der Waals surface area contributed by atoms with Crippen molar-refractivity contribution >= 4 is 5.78 Å². The smallest absolute Gasteiger partial charge is 0.232 e. The van der Waals surface area contributed by atoms with Crippen LogP contribution in [0.15, 0.2) is 54.5 Å². The Kier molecular flexibility index (Phi) is 3.94. The summed E-state index contributed by atoms with van der Waals surface area (Å²) in [6, 6.07) is 5.30. The maximum atomic E-state index is 11.9. The van der Waals surface area contributed by atoms with E-state index in [1.54, 1.807) is 25.3 Å². The summed E-state index contributed by atoms with van der Waals surface area (Å²) in [6.45, 7) is 9.08. The van der Waals surface area contributed by atoms with Crippen LogP contribution >= 0.6 is 0 Å². The lowest BCUT2D eigenvalue weighted by Crippen LogP contribution is -2.03. The van der Waals surface area contributed by atoms with Gasteiger partial charge in [0.1, 0.15) is 11.5 Å². The summed E-state index contributed by atoms with van der Waals surface area (Å²) in [7, 11) is 0. The van der Waals surface area contributed by atoms with Gasteiger partial charge in [-0.1, -0.05) is 6.58 Å². The molecule has 20 heavy (non-hydrogen) atoms. The predicted octanol–water partition coefficient (Wildman–Crippen LogP) is 3.41. The van der Waals surface area contributed by atoms with Crippen LogP contribution in [0.4, 0.5) is 0 Å². The summed E-state index contributed by atoms with van der Waals surface area (Å²) in [5.74, 6) is 1.90. The van der Waals surface area contributed by atoms with E-state index in [4.69, 9.17) is 9.47 Å². The first kappa shape index (κ1) is 13.9. The number of carbonyl (C=O) groups excluding carboxylic acids is 1. The van der Waals surface area contributed by atoms with Crippen LogP contribution in [-0.4, -0.2) is 5.78 Å². The van der Waals surface area contributed by atoms with E-state index in [1.165, 1.54) is 6.26 Å². The minimum atomic E-state index is -0.0481. The number of aryl methyl sites for hydroxylation is 1. The zero-order chi connectivity index (χ0) is 14.7. The van der Waals surface area contributed by atoms with Crippen molar-refractivity contribution in [1.82, 2.24) is 5.32 Å². The number of allylic oxidation sites excluding steroid dienone is 2. The van der Waals surface area contributed by atoms with E-state index >= 15 is 0 Å². The minimum absolute atomic E-state index is 0.0481. The molecule has 1 aliphatic heterocycles. The average molecular weight is 271 g/mol. The molecule has 1 aromatic carbocycles. The van der Waals surface area contributed by atoms with Gasteiger partial charge < -0.3 is 14.8 Å². The molecule has 2 rings (SSSR count). The molecule has 0 aromatic heterocycles. The highest BCUT2D eigenvalue weighted by molar-refractivity contribution is 6.08. The van der Waals surface area contributed by atoms with Crippen molar-refractivity contribution in [1.29, 1.82) is 0 Å². The topological polar surface area (TPSA) is 47.6 Å². The van der Waals surface area contributed by atoms with E-state index in [0.717, 1.165) is 11.3 Å². The Hall–Kier alpha value is -2.49. The molecule has 0 amide bonds. The highest BCUT2D eigenvalue weighted by Crippen LogP contribution is 2.20. The maximum Gasteiger partial charge on any atom is 0.232 e. The van der Waals surface area contributed by atoms with Gasteiger partial charge in [-0.3, -0.25) is 4.79 Å². The SMILES string of the molecule is C=C(C)C(=O)c1ccc(OC=C2NC=C(C)O2)cc1C. The number of hydrogen-bond acceptors (Lipinski definition) is 4. The zero-order valence-electron chi connectivity index (χ0n) is 11.8. The molecule has 4 heteroatoms. The van der Waals surface area contributed by atoms with Crippen molar-refractivity contribution in [3.63, 3.8) is 0 Å². The highest BCUT2D eigenvalue weighted by Gasteiger charge is 2.11. The van der Waals surface area contributed by atoms with E-state index < -0.39 is 0 Å². The van der Waals surface area contributed by atoms with Crippen LogP contribution in [-0.2, 0) is 4.74 Å². The molecular formula is C16H17NO3. The first-order valence-corrected chi connectivity index (χ1v) is 6.26. The standard InChI is InChI=1S/C16H17NO3/c1-10(2)16(18)14-6-5-13(7-11(14)3)19-9-15-17-8-12(4)20-15/h5-9,17H,1H2,2-4H3. The van der Waals surface area contributed by atoms with Gasteiger partial charge in [0.15, 0.2) is 12.0 Å². The number of rotatable bonds is 4. The van der Waals surface area contributed by atoms with Crippen LogP contribution in [0.25, 0.3) is 0 Å². The monoisotopic (exact) mass is 271 g/mol. The number of ether oxygens (including phenoxy) is 2. The Bertz CT molecular complexity index is 627. The number of carbonyl (C=O) groups is 1. The molecule has 0 spiro atoms. The molecule has 0 fully saturated rings. The second kappa shape index (κ2) is 5.65. The summed E-state index contributed by atoms with van der Waals surface area (Å²) in [5.41, 5.74) is 2.02. The van der Waals surface area contributed by atoms with Gasteiger partial charge in [-0.15, -0.1) is 0 Å². The van der Waals surface area contributed by atoms with Crippen LogP contribution < -0.4 is 10.1 Å². The van der Waals surface area contributed by atoms with Gasteiger partial charge in [-0.05, 0) is 50.1 Å². The molecule has 1 N–H and O–H groups in total.